The van der Waals surface area contributed by atoms with Crippen molar-refractivity contribution < 1.29 is 9.53 Å². The molecule has 0 N–H and O–H groups in total. The molecule has 0 spiro atoms. The van der Waals surface area contributed by atoms with Gasteiger partial charge in [-0.15, -0.1) is 0 Å². The largest absolute Gasteiger partial charge is 0.465 e. The van der Waals surface area contributed by atoms with Crippen molar-refractivity contribution in [2.24, 2.45) is 10.9 Å². The van der Waals surface area contributed by atoms with E-state index in [-0.39, 0.29) is 6.61 Å². The van der Waals surface area contributed by atoms with Crippen molar-refractivity contribution in [1.29, 1.82) is 5.26 Å². The van der Waals surface area contributed by atoms with Crippen LogP contribution in [-0.2, 0) is 9.53 Å². The van der Waals surface area contributed by atoms with Gasteiger partial charge in [0, 0.05) is 12.3 Å². The lowest BCUT2D eigenvalue weighted by atomic mass is 10.2. The van der Waals surface area contributed by atoms with E-state index in [1.807, 2.05) is 6.07 Å². The van der Waals surface area contributed by atoms with Gasteiger partial charge >= 0.3 is 5.97 Å². The van der Waals surface area contributed by atoms with E-state index >= 15 is 0 Å². The molecule has 18 heavy (non-hydrogen) atoms. The second-order valence-electron chi connectivity index (χ2n) is 4.30. The number of likely N-dealkylation sites (tertiary alicyclic amines) is 1. The van der Waals surface area contributed by atoms with Gasteiger partial charge in [0.1, 0.15) is 0 Å². The van der Waals surface area contributed by atoms with Crippen LogP contribution in [0.15, 0.2) is 4.99 Å². The maximum absolute atomic E-state index is 11.4. The summed E-state index contributed by atoms with van der Waals surface area (Å²) in [6.07, 6.45) is 3.76. The molecule has 0 aromatic heterocycles. The van der Waals surface area contributed by atoms with Gasteiger partial charge in [0.05, 0.1) is 19.2 Å². The fourth-order valence-corrected chi connectivity index (χ4v) is 2.19. The van der Waals surface area contributed by atoms with Gasteiger partial charge in [-0.25, -0.2) is 0 Å². The molecule has 0 aromatic carbocycles. The van der Waals surface area contributed by atoms with E-state index in [9.17, 15) is 4.79 Å². The lowest BCUT2D eigenvalue weighted by Crippen LogP contribution is -2.31. The highest BCUT2D eigenvalue weighted by Crippen LogP contribution is 2.16. The van der Waals surface area contributed by atoms with Crippen LogP contribution in [0.4, 0.5) is 0 Å². The van der Waals surface area contributed by atoms with Crippen molar-refractivity contribution in [3.8, 4) is 6.07 Å². The molecule has 0 saturated carbocycles. The third-order valence-electron chi connectivity index (χ3n) is 3.16. The Morgan fingerprint density at radius 1 is 1.67 bits per heavy atom. The van der Waals surface area contributed by atoms with Crippen LogP contribution >= 0.6 is 0 Å². The molecule has 1 fully saturated rings. The molecule has 2 atom stereocenters. The molecule has 0 aromatic rings. The van der Waals surface area contributed by atoms with E-state index in [1.54, 1.807) is 6.92 Å². The van der Waals surface area contributed by atoms with Crippen LogP contribution in [0.3, 0.4) is 0 Å². The Hall–Kier alpha value is -1.41. The maximum Gasteiger partial charge on any atom is 0.328 e. The quantitative estimate of drug-likeness (QED) is 0.526. The molecule has 1 aliphatic rings. The summed E-state index contributed by atoms with van der Waals surface area (Å²) >= 11 is 0. The average molecular weight is 251 g/mol. The topological polar surface area (TPSA) is 65.7 Å². The highest BCUT2D eigenvalue weighted by atomic mass is 16.5. The first kappa shape index (κ1) is 14.7. The summed E-state index contributed by atoms with van der Waals surface area (Å²) < 4.78 is 4.80. The SMILES string of the molecule is CCOC(=O)C(C#N)C=NC[C@@H]1CCCN1CC. The standard InChI is InChI=1S/C13H21N3O2/c1-3-16-7-5-6-12(16)10-15-9-11(8-14)13(17)18-4-2/h9,11-12H,3-7,10H2,1-2H3/t11?,12-/m0/s1. The Labute approximate surface area is 108 Å². The molecular formula is C13H21N3O2. The van der Waals surface area contributed by atoms with Gasteiger partial charge in [-0.1, -0.05) is 6.92 Å². The smallest absolute Gasteiger partial charge is 0.328 e. The van der Waals surface area contributed by atoms with Gasteiger partial charge in [-0.3, -0.25) is 14.7 Å². The summed E-state index contributed by atoms with van der Waals surface area (Å²) in [7, 11) is 0. The Bertz CT molecular complexity index is 336. The van der Waals surface area contributed by atoms with E-state index in [4.69, 9.17) is 10.00 Å². The van der Waals surface area contributed by atoms with E-state index in [0.717, 1.165) is 19.5 Å². The Kier molecular flexibility index (Phi) is 6.37. The number of nitriles is 1. The third kappa shape index (κ3) is 4.11. The number of likely N-dealkylation sites (N-methyl/N-ethyl adjacent to an activating group) is 1. The van der Waals surface area contributed by atoms with Crippen LogP contribution in [0.5, 0.6) is 0 Å². The van der Waals surface area contributed by atoms with Gasteiger partial charge in [0.2, 0.25) is 0 Å². The number of rotatable bonds is 6. The van der Waals surface area contributed by atoms with Crippen LogP contribution in [0.1, 0.15) is 26.7 Å². The molecule has 5 nitrogen and oxygen atoms in total. The molecule has 0 bridgehead atoms. The van der Waals surface area contributed by atoms with Crippen LogP contribution in [0.25, 0.3) is 0 Å². The average Bonchev–Trinajstić information content (AvgIpc) is 2.82. The predicted molar refractivity (Wildman–Crippen MR) is 69.4 cm³/mol. The molecule has 1 saturated heterocycles. The highest BCUT2D eigenvalue weighted by molar-refractivity contribution is 5.92. The molecule has 5 heteroatoms. The minimum Gasteiger partial charge on any atom is -0.465 e. The zero-order chi connectivity index (χ0) is 13.4. The molecule has 1 heterocycles. The van der Waals surface area contributed by atoms with Crippen molar-refractivity contribution in [1.82, 2.24) is 4.90 Å². The number of esters is 1. The first-order chi connectivity index (χ1) is 8.72. The molecule has 100 valence electrons. The van der Waals surface area contributed by atoms with E-state index in [2.05, 4.69) is 16.8 Å². The normalized spacial score (nSPS) is 21.9. The Balaban J connectivity index is 2.43. The lowest BCUT2D eigenvalue weighted by molar-refractivity contribution is -0.143. The molecule has 1 rings (SSSR count). The van der Waals surface area contributed by atoms with Crippen LogP contribution in [0, 0.1) is 17.2 Å². The van der Waals surface area contributed by atoms with Gasteiger partial charge in [0.15, 0.2) is 5.92 Å². The van der Waals surface area contributed by atoms with Crippen molar-refractivity contribution >= 4 is 12.2 Å². The summed E-state index contributed by atoms with van der Waals surface area (Å²) in [4.78, 5) is 18.0. The Morgan fingerprint density at radius 3 is 3.06 bits per heavy atom. The van der Waals surface area contributed by atoms with Gasteiger partial charge in [-0.2, -0.15) is 5.26 Å². The van der Waals surface area contributed by atoms with Crippen molar-refractivity contribution in [2.75, 3.05) is 26.2 Å². The third-order valence-corrected chi connectivity index (χ3v) is 3.16. The zero-order valence-corrected chi connectivity index (χ0v) is 11.1. The second kappa shape index (κ2) is 7.83. The molecule has 1 unspecified atom stereocenters. The number of ether oxygens (including phenoxy) is 1. The number of nitrogens with zero attached hydrogens (tertiary/aromatic N) is 3. The van der Waals surface area contributed by atoms with Gasteiger partial charge in [-0.05, 0) is 32.9 Å². The van der Waals surface area contributed by atoms with E-state index in [1.165, 1.54) is 12.6 Å². The van der Waals surface area contributed by atoms with E-state index in [0.29, 0.717) is 12.6 Å². The minimum atomic E-state index is -0.874. The second-order valence-corrected chi connectivity index (χ2v) is 4.30. The number of hydrogen-bond donors (Lipinski definition) is 0. The van der Waals surface area contributed by atoms with E-state index < -0.39 is 11.9 Å². The summed E-state index contributed by atoms with van der Waals surface area (Å²) in [5.41, 5.74) is 0. The van der Waals surface area contributed by atoms with Gasteiger partial charge in [0.25, 0.3) is 0 Å². The van der Waals surface area contributed by atoms with Crippen molar-refractivity contribution in [3.63, 3.8) is 0 Å². The predicted octanol–water partition coefficient (Wildman–Crippen LogP) is 1.24. The molecule has 0 radical (unpaired) electrons. The first-order valence-electron chi connectivity index (χ1n) is 6.53. The Morgan fingerprint density at radius 2 is 2.44 bits per heavy atom. The number of aliphatic imine (C=N–C) groups is 1. The minimum absolute atomic E-state index is 0.289. The maximum atomic E-state index is 11.4. The summed E-state index contributed by atoms with van der Waals surface area (Å²) in [6, 6.07) is 2.35. The van der Waals surface area contributed by atoms with Crippen LogP contribution in [-0.4, -0.2) is 49.4 Å². The van der Waals surface area contributed by atoms with Crippen molar-refractivity contribution in [2.45, 2.75) is 32.7 Å². The molecule has 1 aliphatic heterocycles. The van der Waals surface area contributed by atoms with Crippen LogP contribution < -0.4 is 0 Å². The zero-order valence-electron chi connectivity index (χ0n) is 11.1. The van der Waals surface area contributed by atoms with Gasteiger partial charge < -0.3 is 4.74 Å². The number of carbonyl (C=O) groups is 1. The van der Waals surface area contributed by atoms with Crippen molar-refractivity contribution in [3.05, 3.63) is 0 Å². The monoisotopic (exact) mass is 251 g/mol. The molecule has 0 aliphatic carbocycles. The fraction of sp³-hybridized carbons (Fsp3) is 0.769. The summed E-state index contributed by atoms with van der Waals surface area (Å²) in [5, 5.41) is 8.86. The fourth-order valence-electron chi connectivity index (χ4n) is 2.19. The lowest BCUT2D eigenvalue weighted by Gasteiger charge is -2.20. The van der Waals surface area contributed by atoms with Crippen LogP contribution in [0.2, 0.25) is 0 Å². The molecular weight excluding hydrogens is 230 g/mol. The highest BCUT2D eigenvalue weighted by Gasteiger charge is 2.22. The summed E-state index contributed by atoms with van der Waals surface area (Å²) in [6.45, 7) is 6.96. The number of carbonyl (C=O) groups excluding carboxylic acids is 1. The number of hydrogen-bond acceptors (Lipinski definition) is 5. The molecule has 0 amide bonds. The first-order valence-corrected chi connectivity index (χ1v) is 6.53. The summed E-state index contributed by atoms with van der Waals surface area (Å²) in [5.74, 6) is -1.39.